The minimum atomic E-state index is -0.499. The maximum Gasteiger partial charge on any atom is 0.229 e. The molecule has 3 rings (SSSR count). The Balaban J connectivity index is 1.72. The smallest absolute Gasteiger partial charge is 0.229 e. The van der Waals surface area contributed by atoms with E-state index in [0.29, 0.717) is 5.69 Å². The number of hydrogen-bond acceptors (Lipinski definition) is 2. The van der Waals surface area contributed by atoms with Crippen LogP contribution in [0, 0.1) is 11.7 Å². The lowest BCUT2D eigenvalue weighted by Gasteiger charge is -2.17. The Morgan fingerprint density at radius 1 is 1.22 bits per heavy atom. The average Bonchev–Trinajstić information content (AvgIpc) is 2.90. The predicted molar refractivity (Wildman–Crippen MR) is 89.6 cm³/mol. The lowest BCUT2D eigenvalue weighted by atomic mass is 10.1. The summed E-state index contributed by atoms with van der Waals surface area (Å²) in [6.45, 7) is 0.180. The number of carbonyl (C=O) groups excluding carboxylic acids is 2. The van der Waals surface area contributed by atoms with Crippen molar-refractivity contribution in [2.24, 2.45) is 5.92 Å². The summed E-state index contributed by atoms with van der Waals surface area (Å²) < 4.78 is 14.7. The number of halogens is 2. The van der Waals surface area contributed by atoms with Crippen molar-refractivity contribution in [1.29, 1.82) is 0 Å². The molecule has 1 heterocycles. The van der Waals surface area contributed by atoms with E-state index in [-0.39, 0.29) is 30.5 Å². The Morgan fingerprint density at radius 2 is 2.00 bits per heavy atom. The third-order valence-corrected chi connectivity index (χ3v) is 4.22. The number of nitrogens with one attached hydrogen (secondary N) is 1. The number of carbonyl (C=O) groups is 2. The van der Waals surface area contributed by atoms with Gasteiger partial charge in [-0.1, -0.05) is 34.1 Å². The van der Waals surface area contributed by atoms with Crippen LogP contribution in [0.1, 0.15) is 6.42 Å². The van der Waals surface area contributed by atoms with Crippen molar-refractivity contribution < 1.29 is 14.0 Å². The summed E-state index contributed by atoms with van der Waals surface area (Å²) in [6.07, 6.45) is 0.0776. The normalized spacial score (nSPS) is 17.4. The van der Waals surface area contributed by atoms with Gasteiger partial charge >= 0.3 is 0 Å². The highest BCUT2D eigenvalue weighted by Gasteiger charge is 2.36. The first kappa shape index (κ1) is 15.7. The Labute approximate surface area is 141 Å². The first-order chi connectivity index (χ1) is 11.0. The van der Waals surface area contributed by atoms with Gasteiger partial charge in [0.1, 0.15) is 5.82 Å². The Morgan fingerprint density at radius 3 is 2.74 bits per heavy atom. The van der Waals surface area contributed by atoms with E-state index in [1.165, 1.54) is 11.0 Å². The second kappa shape index (κ2) is 6.50. The van der Waals surface area contributed by atoms with Gasteiger partial charge < -0.3 is 10.2 Å². The second-order valence-corrected chi connectivity index (χ2v) is 6.27. The SMILES string of the molecule is O=C(Nc1cccc(Br)c1)[C@H]1CC(=O)N(c2ccccc2F)C1. The summed E-state index contributed by atoms with van der Waals surface area (Å²) in [5, 5.41) is 2.79. The molecule has 0 unspecified atom stereocenters. The zero-order valence-corrected chi connectivity index (χ0v) is 13.7. The zero-order chi connectivity index (χ0) is 16.4. The minimum Gasteiger partial charge on any atom is -0.326 e. The molecule has 23 heavy (non-hydrogen) atoms. The molecule has 0 spiro atoms. The molecule has 1 atom stereocenters. The third-order valence-electron chi connectivity index (χ3n) is 3.73. The van der Waals surface area contributed by atoms with Crippen molar-refractivity contribution >= 4 is 39.1 Å². The van der Waals surface area contributed by atoms with Crippen molar-refractivity contribution in [3.8, 4) is 0 Å². The molecule has 118 valence electrons. The standard InChI is InChI=1S/C17H14BrFN2O2/c18-12-4-3-5-13(9-12)20-17(23)11-8-16(22)21(10-11)15-7-2-1-6-14(15)19/h1-7,9,11H,8,10H2,(H,20,23)/t11-/m0/s1. The lowest BCUT2D eigenvalue weighted by Crippen LogP contribution is -2.28. The first-order valence-corrected chi connectivity index (χ1v) is 7.95. The molecule has 1 aliphatic rings. The molecule has 0 radical (unpaired) electrons. The van der Waals surface area contributed by atoms with Gasteiger partial charge in [-0.25, -0.2) is 4.39 Å². The lowest BCUT2D eigenvalue weighted by molar-refractivity contribution is -0.122. The molecule has 6 heteroatoms. The molecule has 0 saturated carbocycles. The Bertz CT molecular complexity index is 766. The van der Waals surface area contributed by atoms with Crippen molar-refractivity contribution in [3.05, 3.63) is 58.8 Å². The number of rotatable bonds is 3. The Kier molecular flexibility index (Phi) is 4.43. The van der Waals surface area contributed by atoms with Gasteiger partial charge in [-0.15, -0.1) is 0 Å². The molecule has 2 aromatic rings. The molecule has 0 bridgehead atoms. The number of para-hydroxylation sites is 1. The van der Waals surface area contributed by atoms with Gasteiger partial charge in [0.2, 0.25) is 11.8 Å². The van der Waals surface area contributed by atoms with Crippen LogP contribution in [0.15, 0.2) is 53.0 Å². The van der Waals surface area contributed by atoms with Crippen LogP contribution in [0.25, 0.3) is 0 Å². The molecule has 0 aromatic heterocycles. The van der Waals surface area contributed by atoms with Crippen LogP contribution in [0.5, 0.6) is 0 Å². The van der Waals surface area contributed by atoms with E-state index in [1.807, 2.05) is 12.1 Å². The van der Waals surface area contributed by atoms with E-state index in [0.717, 1.165) is 4.47 Å². The van der Waals surface area contributed by atoms with Crippen LogP contribution in [0.2, 0.25) is 0 Å². The zero-order valence-electron chi connectivity index (χ0n) is 12.1. The summed E-state index contributed by atoms with van der Waals surface area (Å²) in [4.78, 5) is 25.8. The van der Waals surface area contributed by atoms with E-state index in [2.05, 4.69) is 21.2 Å². The summed E-state index contributed by atoms with van der Waals surface area (Å²) in [6, 6.07) is 13.3. The maximum absolute atomic E-state index is 13.8. The van der Waals surface area contributed by atoms with E-state index >= 15 is 0 Å². The summed E-state index contributed by atoms with van der Waals surface area (Å²) >= 11 is 3.34. The summed E-state index contributed by atoms with van der Waals surface area (Å²) in [5.41, 5.74) is 0.872. The Hall–Kier alpha value is -2.21. The van der Waals surface area contributed by atoms with E-state index in [4.69, 9.17) is 0 Å². The fourth-order valence-corrected chi connectivity index (χ4v) is 3.00. The molecule has 2 amide bonds. The molecule has 1 saturated heterocycles. The minimum absolute atomic E-state index is 0.0776. The van der Waals surface area contributed by atoms with Crippen molar-refractivity contribution in [2.45, 2.75) is 6.42 Å². The monoisotopic (exact) mass is 376 g/mol. The van der Waals surface area contributed by atoms with Gasteiger partial charge in [0.25, 0.3) is 0 Å². The number of benzene rings is 2. The molecule has 2 aromatic carbocycles. The molecule has 0 aliphatic carbocycles. The number of nitrogens with zero attached hydrogens (tertiary/aromatic N) is 1. The molecular weight excluding hydrogens is 363 g/mol. The first-order valence-electron chi connectivity index (χ1n) is 7.16. The highest BCUT2D eigenvalue weighted by Crippen LogP contribution is 2.28. The van der Waals surface area contributed by atoms with Gasteiger partial charge in [0.05, 0.1) is 11.6 Å². The highest BCUT2D eigenvalue weighted by molar-refractivity contribution is 9.10. The fourth-order valence-electron chi connectivity index (χ4n) is 2.60. The summed E-state index contributed by atoms with van der Waals surface area (Å²) in [5.74, 6) is -1.45. The largest absolute Gasteiger partial charge is 0.326 e. The van der Waals surface area contributed by atoms with Crippen LogP contribution in [-0.2, 0) is 9.59 Å². The van der Waals surface area contributed by atoms with E-state index in [1.54, 1.807) is 30.3 Å². The van der Waals surface area contributed by atoms with E-state index < -0.39 is 11.7 Å². The topological polar surface area (TPSA) is 49.4 Å². The van der Waals surface area contributed by atoms with Gasteiger partial charge in [0, 0.05) is 23.1 Å². The molecular formula is C17H14BrFN2O2. The summed E-state index contributed by atoms with van der Waals surface area (Å²) in [7, 11) is 0. The number of anilines is 2. The second-order valence-electron chi connectivity index (χ2n) is 5.36. The van der Waals surface area contributed by atoms with Crippen LogP contribution < -0.4 is 10.2 Å². The third kappa shape index (κ3) is 3.42. The van der Waals surface area contributed by atoms with Crippen LogP contribution in [-0.4, -0.2) is 18.4 Å². The maximum atomic E-state index is 13.8. The van der Waals surface area contributed by atoms with E-state index in [9.17, 15) is 14.0 Å². The van der Waals surface area contributed by atoms with Crippen molar-refractivity contribution in [3.63, 3.8) is 0 Å². The molecule has 1 aliphatic heterocycles. The fraction of sp³-hybridized carbons (Fsp3) is 0.176. The van der Waals surface area contributed by atoms with Gasteiger partial charge in [0.15, 0.2) is 0 Å². The molecule has 1 fully saturated rings. The highest BCUT2D eigenvalue weighted by atomic mass is 79.9. The quantitative estimate of drug-likeness (QED) is 0.889. The van der Waals surface area contributed by atoms with Crippen LogP contribution >= 0.6 is 15.9 Å². The average molecular weight is 377 g/mol. The predicted octanol–water partition coefficient (Wildman–Crippen LogP) is 3.58. The molecule has 4 nitrogen and oxygen atoms in total. The van der Waals surface area contributed by atoms with Gasteiger partial charge in [-0.2, -0.15) is 0 Å². The van der Waals surface area contributed by atoms with Crippen molar-refractivity contribution in [2.75, 3.05) is 16.8 Å². The number of amides is 2. The number of hydrogen-bond donors (Lipinski definition) is 1. The van der Waals surface area contributed by atoms with Crippen LogP contribution in [0.3, 0.4) is 0 Å². The van der Waals surface area contributed by atoms with Gasteiger partial charge in [-0.05, 0) is 30.3 Å². The van der Waals surface area contributed by atoms with Crippen molar-refractivity contribution in [1.82, 2.24) is 0 Å². The van der Waals surface area contributed by atoms with Gasteiger partial charge in [-0.3, -0.25) is 9.59 Å². The van der Waals surface area contributed by atoms with Crippen LogP contribution in [0.4, 0.5) is 15.8 Å². The molecule has 1 N–H and O–H groups in total.